The zero-order valence-electron chi connectivity index (χ0n) is 8.77. The third-order valence-electron chi connectivity index (χ3n) is 1.74. The van der Waals surface area contributed by atoms with Crippen LogP contribution in [0.2, 0.25) is 4.47 Å². The Kier molecular flexibility index (Phi) is 4.11. The standard InChI is InChI=1S/C8H13ClN2O2S2/c1-6(2)5-11(3)15(12,13)7-4-10-8(9)14-7/h4,6H,5H2,1-3H3. The van der Waals surface area contributed by atoms with E-state index in [4.69, 9.17) is 11.6 Å². The Balaban J connectivity index is 2.93. The van der Waals surface area contributed by atoms with Crippen molar-refractivity contribution in [2.24, 2.45) is 5.92 Å². The summed E-state index contributed by atoms with van der Waals surface area (Å²) in [4.78, 5) is 3.72. The van der Waals surface area contributed by atoms with Gasteiger partial charge in [-0.2, -0.15) is 4.31 Å². The van der Waals surface area contributed by atoms with Crippen molar-refractivity contribution >= 4 is 33.0 Å². The molecule has 4 nitrogen and oxygen atoms in total. The summed E-state index contributed by atoms with van der Waals surface area (Å²) in [6.45, 7) is 4.41. The number of hydrogen-bond donors (Lipinski definition) is 0. The first-order valence-corrected chi connectivity index (χ1v) is 7.05. The first kappa shape index (κ1) is 12.9. The van der Waals surface area contributed by atoms with E-state index in [9.17, 15) is 8.42 Å². The summed E-state index contributed by atoms with van der Waals surface area (Å²) in [7, 11) is -1.85. The third-order valence-corrected chi connectivity index (χ3v) is 5.12. The van der Waals surface area contributed by atoms with Crippen LogP contribution in [0.1, 0.15) is 13.8 Å². The fourth-order valence-electron chi connectivity index (χ4n) is 1.12. The Hall–Kier alpha value is -0.170. The average molecular weight is 269 g/mol. The van der Waals surface area contributed by atoms with Gasteiger partial charge in [0.15, 0.2) is 8.68 Å². The second-order valence-electron chi connectivity index (χ2n) is 3.61. The molecule has 0 atom stereocenters. The molecule has 0 aliphatic heterocycles. The summed E-state index contributed by atoms with van der Waals surface area (Å²) in [6, 6.07) is 0. The number of halogens is 1. The second-order valence-corrected chi connectivity index (χ2v) is 7.50. The number of hydrogen-bond acceptors (Lipinski definition) is 4. The predicted octanol–water partition coefficient (Wildman–Crippen LogP) is 2.07. The molecule has 0 saturated heterocycles. The van der Waals surface area contributed by atoms with Gasteiger partial charge in [0.25, 0.3) is 10.0 Å². The van der Waals surface area contributed by atoms with Gasteiger partial charge in [0.05, 0.1) is 6.20 Å². The van der Waals surface area contributed by atoms with Gasteiger partial charge in [-0.05, 0) is 5.92 Å². The fraction of sp³-hybridized carbons (Fsp3) is 0.625. The van der Waals surface area contributed by atoms with Crippen molar-refractivity contribution in [3.8, 4) is 0 Å². The molecule has 0 aromatic carbocycles. The van der Waals surface area contributed by atoms with Gasteiger partial charge in [0.1, 0.15) is 0 Å². The lowest BCUT2D eigenvalue weighted by Gasteiger charge is -2.17. The molecule has 0 radical (unpaired) electrons. The zero-order valence-corrected chi connectivity index (χ0v) is 11.2. The molecule has 0 fully saturated rings. The van der Waals surface area contributed by atoms with Gasteiger partial charge in [0, 0.05) is 13.6 Å². The van der Waals surface area contributed by atoms with Crippen molar-refractivity contribution in [2.45, 2.75) is 18.1 Å². The maximum absolute atomic E-state index is 11.9. The van der Waals surface area contributed by atoms with E-state index in [1.807, 2.05) is 13.8 Å². The molecule has 0 saturated carbocycles. The summed E-state index contributed by atoms with van der Waals surface area (Å²) in [5.41, 5.74) is 0. The van der Waals surface area contributed by atoms with Crippen LogP contribution in [0.3, 0.4) is 0 Å². The lowest BCUT2D eigenvalue weighted by molar-refractivity contribution is 0.418. The minimum Gasteiger partial charge on any atom is -0.232 e. The Labute approximate surface area is 98.9 Å². The number of aromatic nitrogens is 1. The SMILES string of the molecule is CC(C)CN(C)S(=O)(=O)c1cnc(Cl)s1. The summed E-state index contributed by atoms with van der Waals surface area (Å²) in [5, 5.41) is 0. The van der Waals surface area contributed by atoms with Gasteiger partial charge in [-0.15, -0.1) is 0 Å². The topological polar surface area (TPSA) is 50.3 Å². The van der Waals surface area contributed by atoms with E-state index in [1.165, 1.54) is 10.5 Å². The predicted molar refractivity (Wildman–Crippen MR) is 61.8 cm³/mol. The molecule has 0 bridgehead atoms. The number of rotatable bonds is 4. The van der Waals surface area contributed by atoms with E-state index >= 15 is 0 Å². The van der Waals surface area contributed by atoms with E-state index in [2.05, 4.69) is 4.98 Å². The van der Waals surface area contributed by atoms with Gasteiger partial charge in [-0.3, -0.25) is 0 Å². The van der Waals surface area contributed by atoms with Crippen LogP contribution in [0, 0.1) is 5.92 Å². The highest BCUT2D eigenvalue weighted by atomic mass is 35.5. The Bertz CT molecular complexity index is 428. The molecule has 1 rings (SSSR count). The van der Waals surface area contributed by atoms with Crippen molar-refractivity contribution in [3.63, 3.8) is 0 Å². The van der Waals surface area contributed by atoms with Crippen molar-refractivity contribution < 1.29 is 8.42 Å². The average Bonchev–Trinajstić information content (AvgIpc) is 2.50. The monoisotopic (exact) mass is 268 g/mol. The Morgan fingerprint density at radius 1 is 1.60 bits per heavy atom. The highest BCUT2D eigenvalue weighted by Crippen LogP contribution is 2.25. The molecule has 0 aliphatic carbocycles. The van der Waals surface area contributed by atoms with Gasteiger partial charge < -0.3 is 0 Å². The van der Waals surface area contributed by atoms with Gasteiger partial charge in [0.2, 0.25) is 0 Å². The van der Waals surface area contributed by atoms with Crippen molar-refractivity contribution in [1.82, 2.24) is 9.29 Å². The number of sulfonamides is 1. The van der Waals surface area contributed by atoms with E-state index in [-0.39, 0.29) is 14.6 Å². The minimum atomic E-state index is -3.41. The number of nitrogens with zero attached hydrogens (tertiary/aromatic N) is 2. The van der Waals surface area contributed by atoms with Crippen LogP contribution >= 0.6 is 22.9 Å². The largest absolute Gasteiger partial charge is 0.253 e. The van der Waals surface area contributed by atoms with Crippen LogP contribution in [-0.4, -0.2) is 31.3 Å². The Morgan fingerprint density at radius 2 is 2.20 bits per heavy atom. The lowest BCUT2D eigenvalue weighted by Crippen LogP contribution is -2.29. The molecule has 1 heterocycles. The normalized spacial score (nSPS) is 12.7. The van der Waals surface area contributed by atoms with Gasteiger partial charge >= 0.3 is 0 Å². The van der Waals surface area contributed by atoms with Gasteiger partial charge in [-0.1, -0.05) is 36.8 Å². The highest BCUT2D eigenvalue weighted by Gasteiger charge is 2.23. The van der Waals surface area contributed by atoms with Crippen molar-refractivity contribution in [3.05, 3.63) is 10.7 Å². The molecule has 1 aromatic heterocycles. The van der Waals surface area contributed by atoms with Gasteiger partial charge in [-0.25, -0.2) is 13.4 Å². The molecular weight excluding hydrogens is 256 g/mol. The van der Waals surface area contributed by atoms with E-state index in [0.29, 0.717) is 6.54 Å². The minimum absolute atomic E-state index is 0.190. The molecule has 0 aliphatic rings. The van der Waals surface area contributed by atoms with Crippen molar-refractivity contribution in [2.75, 3.05) is 13.6 Å². The van der Waals surface area contributed by atoms with Crippen LogP contribution in [0.5, 0.6) is 0 Å². The molecule has 0 amide bonds. The highest BCUT2D eigenvalue weighted by molar-refractivity contribution is 7.91. The molecule has 15 heavy (non-hydrogen) atoms. The summed E-state index contributed by atoms with van der Waals surface area (Å²) in [6.07, 6.45) is 1.29. The summed E-state index contributed by atoms with van der Waals surface area (Å²) in [5.74, 6) is 0.285. The van der Waals surface area contributed by atoms with E-state index < -0.39 is 10.0 Å². The smallest absolute Gasteiger partial charge is 0.232 e. The van der Waals surface area contributed by atoms with Crippen LogP contribution in [0.15, 0.2) is 10.4 Å². The molecule has 1 aromatic rings. The first-order valence-electron chi connectivity index (χ1n) is 4.41. The van der Waals surface area contributed by atoms with Crippen LogP contribution < -0.4 is 0 Å². The van der Waals surface area contributed by atoms with Crippen molar-refractivity contribution in [1.29, 1.82) is 0 Å². The maximum Gasteiger partial charge on any atom is 0.253 e. The van der Waals surface area contributed by atoms with Crippen LogP contribution in [0.25, 0.3) is 0 Å². The molecule has 0 unspecified atom stereocenters. The first-order chi connectivity index (χ1) is 6.84. The quantitative estimate of drug-likeness (QED) is 0.840. The Morgan fingerprint density at radius 3 is 2.60 bits per heavy atom. The fourth-order valence-corrected chi connectivity index (χ4v) is 3.96. The maximum atomic E-state index is 11.9. The molecular formula is C8H13ClN2O2S2. The van der Waals surface area contributed by atoms with Crippen LogP contribution in [-0.2, 0) is 10.0 Å². The zero-order chi connectivity index (χ0) is 11.6. The third kappa shape index (κ3) is 3.14. The lowest BCUT2D eigenvalue weighted by atomic mass is 10.2. The molecule has 0 N–H and O–H groups in total. The van der Waals surface area contributed by atoms with E-state index in [1.54, 1.807) is 7.05 Å². The summed E-state index contributed by atoms with van der Waals surface area (Å²) < 4.78 is 25.6. The molecule has 86 valence electrons. The van der Waals surface area contributed by atoms with Crippen LogP contribution in [0.4, 0.5) is 0 Å². The molecule has 7 heteroatoms. The second kappa shape index (κ2) is 4.78. The number of thiazole rings is 1. The summed E-state index contributed by atoms with van der Waals surface area (Å²) >= 11 is 6.58. The van der Waals surface area contributed by atoms with E-state index in [0.717, 1.165) is 11.3 Å². The molecule has 0 spiro atoms.